The third kappa shape index (κ3) is 5.26. The van der Waals surface area contributed by atoms with E-state index in [1.165, 1.54) is 4.68 Å². The Labute approximate surface area is 186 Å². The number of likely N-dealkylation sites (N-methyl/N-ethyl adjacent to an activating group) is 1. The molecule has 0 spiro atoms. The first kappa shape index (κ1) is 23.3. The number of aryl methyl sites for hydroxylation is 1. The van der Waals surface area contributed by atoms with Crippen LogP contribution in [-0.4, -0.2) is 47.3 Å². The van der Waals surface area contributed by atoms with E-state index < -0.39 is 0 Å². The topological polar surface area (TPSA) is 96.4 Å². The Balaban J connectivity index is 1.69. The fraction of sp³-hybridized carbons (Fsp3) is 0.375. The molecule has 8 nitrogen and oxygen atoms in total. The smallest absolute Gasteiger partial charge is 0.273 e. The van der Waals surface area contributed by atoms with E-state index in [0.717, 1.165) is 24.4 Å². The standard InChI is InChI=1S/C24H30N4O4/c1-4-27(5-2)21(17-9-8-10-18(15-17)32-3)16-25-22(29)13-14-28-24(31)20-12-7-6-11-19(20)23(30)26-28/h6-12,15,21H,4-5,13-14,16H2,1-3H3,(H,25,29)(H,26,30). The minimum Gasteiger partial charge on any atom is -0.497 e. The van der Waals surface area contributed by atoms with Crippen LogP contribution in [0.4, 0.5) is 0 Å². The number of aromatic amines is 1. The Morgan fingerprint density at radius 2 is 1.81 bits per heavy atom. The molecule has 0 aliphatic carbocycles. The van der Waals surface area contributed by atoms with Crippen molar-refractivity contribution in [2.45, 2.75) is 32.9 Å². The van der Waals surface area contributed by atoms with E-state index in [1.54, 1.807) is 31.4 Å². The zero-order chi connectivity index (χ0) is 23.1. The highest BCUT2D eigenvalue weighted by Gasteiger charge is 2.19. The Morgan fingerprint density at radius 1 is 1.09 bits per heavy atom. The second-order valence-electron chi connectivity index (χ2n) is 7.51. The van der Waals surface area contributed by atoms with Crippen LogP contribution in [0.15, 0.2) is 58.1 Å². The number of H-pyrrole nitrogens is 1. The molecule has 3 rings (SSSR count). The molecule has 32 heavy (non-hydrogen) atoms. The summed E-state index contributed by atoms with van der Waals surface area (Å²) in [7, 11) is 1.63. The van der Waals surface area contributed by atoms with Gasteiger partial charge in [0.15, 0.2) is 0 Å². The molecule has 0 bridgehead atoms. The predicted molar refractivity (Wildman–Crippen MR) is 125 cm³/mol. The van der Waals surface area contributed by atoms with E-state index in [0.29, 0.717) is 17.3 Å². The molecule has 1 amide bonds. The number of ether oxygens (including phenoxy) is 1. The van der Waals surface area contributed by atoms with Crippen molar-refractivity contribution in [1.29, 1.82) is 0 Å². The third-order valence-electron chi connectivity index (χ3n) is 5.67. The van der Waals surface area contributed by atoms with Gasteiger partial charge in [-0.3, -0.25) is 24.4 Å². The number of hydrogen-bond acceptors (Lipinski definition) is 5. The summed E-state index contributed by atoms with van der Waals surface area (Å²) in [4.78, 5) is 39.7. The summed E-state index contributed by atoms with van der Waals surface area (Å²) in [6.45, 7) is 6.36. The summed E-state index contributed by atoms with van der Waals surface area (Å²) in [5.74, 6) is 0.580. The first-order valence-electron chi connectivity index (χ1n) is 10.8. The van der Waals surface area contributed by atoms with Gasteiger partial charge in [-0.1, -0.05) is 38.1 Å². The summed E-state index contributed by atoms with van der Waals surface area (Å²) in [5, 5.41) is 6.23. The van der Waals surface area contributed by atoms with Crippen LogP contribution >= 0.6 is 0 Å². The fourth-order valence-corrected chi connectivity index (χ4v) is 3.89. The molecule has 0 fully saturated rings. The largest absolute Gasteiger partial charge is 0.497 e. The lowest BCUT2D eigenvalue weighted by molar-refractivity contribution is -0.121. The molecule has 0 saturated carbocycles. The van der Waals surface area contributed by atoms with Crippen LogP contribution in [0.25, 0.3) is 10.8 Å². The number of amides is 1. The van der Waals surface area contributed by atoms with Crippen LogP contribution in [0.3, 0.4) is 0 Å². The van der Waals surface area contributed by atoms with E-state index in [1.807, 2.05) is 24.3 Å². The molecule has 2 N–H and O–H groups in total. The minimum absolute atomic E-state index is 0.00718. The molecule has 3 aromatic rings. The van der Waals surface area contributed by atoms with Crippen LogP contribution in [0.5, 0.6) is 5.75 Å². The normalized spacial score (nSPS) is 12.1. The first-order valence-corrected chi connectivity index (χ1v) is 10.8. The van der Waals surface area contributed by atoms with Crippen molar-refractivity contribution < 1.29 is 9.53 Å². The Kier molecular flexibility index (Phi) is 7.83. The molecular weight excluding hydrogens is 408 g/mol. The molecular formula is C24H30N4O4. The number of carbonyl (C=O) groups is 1. The van der Waals surface area contributed by atoms with E-state index in [4.69, 9.17) is 4.74 Å². The summed E-state index contributed by atoms with van der Waals surface area (Å²) in [6, 6.07) is 14.5. The summed E-state index contributed by atoms with van der Waals surface area (Å²) < 4.78 is 6.55. The second-order valence-corrected chi connectivity index (χ2v) is 7.51. The Bertz CT molecular complexity index is 1180. The zero-order valence-electron chi connectivity index (χ0n) is 18.8. The van der Waals surface area contributed by atoms with Crippen LogP contribution in [-0.2, 0) is 11.3 Å². The molecule has 0 aliphatic heterocycles. The highest BCUT2D eigenvalue weighted by atomic mass is 16.5. The molecule has 2 aromatic carbocycles. The molecule has 1 aromatic heterocycles. The number of rotatable bonds is 10. The number of hydrogen-bond donors (Lipinski definition) is 2. The van der Waals surface area contributed by atoms with E-state index in [2.05, 4.69) is 29.2 Å². The first-order chi connectivity index (χ1) is 15.5. The van der Waals surface area contributed by atoms with Crippen molar-refractivity contribution in [2.75, 3.05) is 26.7 Å². The highest BCUT2D eigenvalue weighted by molar-refractivity contribution is 5.80. The monoisotopic (exact) mass is 438 g/mol. The van der Waals surface area contributed by atoms with Crippen molar-refractivity contribution in [3.63, 3.8) is 0 Å². The number of aromatic nitrogens is 2. The molecule has 8 heteroatoms. The molecule has 1 atom stereocenters. The van der Waals surface area contributed by atoms with Crippen LogP contribution < -0.4 is 21.2 Å². The lowest BCUT2D eigenvalue weighted by atomic mass is 10.0. The quantitative estimate of drug-likeness (QED) is 0.506. The summed E-state index contributed by atoms with van der Waals surface area (Å²) >= 11 is 0. The molecule has 1 heterocycles. The van der Waals surface area contributed by atoms with Crippen molar-refractivity contribution >= 4 is 16.7 Å². The summed E-state index contributed by atoms with van der Waals surface area (Å²) in [5.41, 5.74) is 0.397. The number of methoxy groups -OCH3 is 1. The highest BCUT2D eigenvalue weighted by Crippen LogP contribution is 2.23. The maximum atomic E-state index is 12.6. The van der Waals surface area contributed by atoms with Gasteiger partial charge >= 0.3 is 0 Å². The third-order valence-corrected chi connectivity index (χ3v) is 5.67. The maximum Gasteiger partial charge on any atom is 0.273 e. The van der Waals surface area contributed by atoms with Gasteiger partial charge in [0.1, 0.15) is 5.75 Å². The lowest BCUT2D eigenvalue weighted by Gasteiger charge is -2.30. The molecule has 0 saturated heterocycles. The van der Waals surface area contributed by atoms with Gasteiger partial charge in [-0.25, -0.2) is 4.68 Å². The Morgan fingerprint density at radius 3 is 2.50 bits per heavy atom. The van der Waals surface area contributed by atoms with Gasteiger partial charge < -0.3 is 10.1 Å². The van der Waals surface area contributed by atoms with Crippen molar-refractivity contribution in [2.24, 2.45) is 0 Å². The maximum absolute atomic E-state index is 12.6. The fourth-order valence-electron chi connectivity index (χ4n) is 3.89. The van der Waals surface area contributed by atoms with Gasteiger partial charge in [-0.15, -0.1) is 0 Å². The van der Waals surface area contributed by atoms with Crippen LogP contribution in [0.2, 0.25) is 0 Å². The van der Waals surface area contributed by atoms with E-state index in [-0.39, 0.29) is 36.0 Å². The van der Waals surface area contributed by atoms with Gasteiger partial charge in [-0.2, -0.15) is 0 Å². The SMILES string of the molecule is CCN(CC)C(CNC(=O)CCn1[nH]c(=O)c2ccccc2c1=O)c1cccc(OC)c1. The van der Waals surface area contributed by atoms with Gasteiger partial charge in [-0.05, 0) is 42.9 Å². The molecule has 0 radical (unpaired) electrons. The van der Waals surface area contributed by atoms with Crippen LogP contribution in [0.1, 0.15) is 31.9 Å². The number of fused-ring (bicyclic) bond motifs is 1. The number of carbonyl (C=O) groups excluding carboxylic acids is 1. The molecule has 170 valence electrons. The average Bonchev–Trinajstić information content (AvgIpc) is 2.83. The minimum atomic E-state index is -0.347. The van der Waals surface area contributed by atoms with Crippen molar-refractivity contribution in [1.82, 2.24) is 20.0 Å². The van der Waals surface area contributed by atoms with Gasteiger partial charge in [0.05, 0.1) is 30.5 Å². The zero-order valence-corrected chi connectivity index (χ0v) is 18.8. The van der Waals surface area contributed by atoms with Gasteiger partial charge in [0, 0.05) is 13.0 Å². The van der Waals surface area contributed by atoms with Gasteiger partial charge in [0.2, 0.25) is 5.91 Å². The van der Waals surface area contributed by atoms with Gasteiger partial charge in [0.25, 0.3) is 11.1 Å². The Hall–Kier alpha value is -3.39. The number of nitrogens with zero attached hydrogens (tertiary/aromatic N) is 2. The van der Waals surface area contributed by atoms with Crippen molar-refractivity contribution in [3.8, 4) is 5.75 Å². The lowest BCUT2D eigenvalue weighted by Crippen LogP contribution is -2.39. The predicted octanol–water partition coefficient (Wildman–Crippen LogP) is 2.29. The average molecular weight is 439 g/mol. The van der Waals surface area contributed by atoms with Crippen molar-refractivity contribution in [3.05, 3.63) is 74.8 Å². The van der Waals surface area contributed by atoms with Crippen LogP contribution in [0, 0.1) is 0 Å². The molecule has 0 aliphatic rings. The molecule has 1 unspecified atom stereocenters. The summed E-state index contributed by atoms with van der Waals surface area (Å²) in [6.07, 6.45) is 0.0806. The van der Waals surface area contributed by atoms with E-state index >= 15 is 0 Å². The van der Waals surface area contributed by atoms with E-state index in [9.17, 15) is 14.4 Å². The second kappa shape index (κ2) is 10.8. The number of benzene rings is 2. The number of nitrogens with one attached hydrogen (secondary N) is 2.